The molecule has 1 N–H and O–H groups in total. The molecule has 0 spiro atoms. The second-order valence-corrected chi connectivity index (χ2v) is 5.22. The molecule has 0 fully saturated rings. The number of hydrogen-bond donors (Lipinski definition) is 1. The van der Waals surface area contributed by atoms with E-state index in [4.69, 9.17) is 0 Å². The molecule has 3 rings (SSSR count). The first kappa shape index (κ1) is 13.7. The molecule has 3 aromatic rings. The topological polar surface area (TPSA) is 55.6 Å². The van der Waals surface area contributed by atoms with E-state index in [9.17, 15) is 4.39 Å². The Balaban J connectivity index is 1.83. The second-order valence-electron chi connectivity index (χ2n) is 4.30. The van der Waals surface area contributed by atoms with Crippen molar-refractivity contribution >= 4 is 21.6 Å². The van der Waals surface area contributed by atoms with Gasteiger partial charge in [0.15, 0.2) is 5.82 Å². The van der Waals surface area contributed by atoms with Crippen molar-refractivity contribution in [3.63, 3.8) is 0 Å². The number of hydrogen-bond acceptors (Lipinski definition) is 4. The number of aromatic nitrogens is 4. The van der Waals surface area contributed by atoms with Crippen molar-refractivity contribution in [3.8, 4) is 5.82 Å². The summed E-state index contributed by atoms with van der Waals surface area (Å²) in [4.78, 5) is 8.17. The van der Waals surface area contributed by atoms with Gasteiger partial charge in [0.1, 0.15) is 18.5 Å². The summed E-state index contributed by atoms with van der Waals surface area (Å²) in [7, 11) is 0. The maximum absolute atomic E-state index is 13.8. The van der Waals surface area contributed by atoms with Gasteiger partial charge in [0.25, 0.3) is 0 Å². The van der Waals surface area contributed by atoms with Gasteiger partial charge in [0.2, 0.25) is 0 Å². The number of nitrogens with zero attached hydrogens (tertiary/aromatic N) is 4. The molecular weight excluding hydrogens is 337 g/mol. The van der Waals surface area contributed by atoms with Gasteiger partial charge < -0.3 is 5.32 Å². The van der Waals surface area contributed by atoms with Crippen LogP contribution in [-0.4, -0.2) is 19.7 Å². The van der Waals surface area contributed by atoms with Crippen LogP contribution in [0.15, 0.2) is 53.7 Å². The van der Waals surface area contributed by atoms with Crippen molar-refractivity contribution < 1.29 is 4.39 Å². The summed E-state index contributed by atoms with van der Waals surface area (Å²) in [6, 6.07) is 8.65. The zero-order valence-electron chi connectivity index (χ0n) is 10.9. The smallest absolute Gasteiger partial charge is 0.178 e. The molecular formula is C14H11BrFN5. The second kappa shape index (κ2) is 6.01. The summed E-state index contributed by atoms with van der Waals surface area (Å²) in [5.74, 6) is 0.357. The van der Waals surface area contributed by atoms with Gasteiger partial charge in [-0.1, -0.05) is 22.0 Å². The van der Waals surface area contributed by atoms with E-state index in [-0.39, 0.29) is 5.82 Å². The Morgan fingerprint density at radius 3 is 2.95 bits per heavy atom. The lowest BCUT2D eigenvalue weighted by atomic mass is 10.2. The van der Waals surface area contributed by atoms with Crippen LogP contribution in [0, 0.1) is 5.82 Å². The van der Waals surface area contributed by atoms with Crippen molar-refractivity contribution in [2.75, 3.05) is 5.32 Å². The third-order valence-corrected chi connectivity index (χ3v) is 3.40. The van der Waals surface area contributed by atoms with Gasteiger partial charge in [-0.3, -0.25) is 0 Å². The van der Waals surface area contributed by atoms with Gasteiger partial charge in [-0.15, -0.1) is 0 Å². The number of nitrogens with one attached hydrogen (secondary N) is 1. The first-order chi connectivity index (χ1) is 10.2. The first-order valence-corrected chi connectivity index (χ1v) is 7.01. The lowest BCUT2D eigenvalue weighted by Gasteiger charge is -2.11. The molecule has 0 unspecified atom stereocenters. The molecule has 1 aromatic carbocycles. The Morgan fingerprint density at radius 2 is 2.19 bits per heavy atom. The molecule has 0 amide bonds. The predicted molar refractivity (Wildman–Crippen MR) is 80.6 cm³/mol. The van der Waals surface area contributed by atoms with Crippen LogP contribution < -0.4 is 5.32 Å². The molecule has 2 heterocycles. The fourth-order valence-corrected chi connectivity index (χ4v) is 2.22. The zero-order chi connectivity index (χ0) is 14.7. The first-order valence-electron chi connectivity index (χ1n) is 6.22. The Kier molecular flexibility index (Phi) is 3.92. The van der Waals surface area contributed by atoms with E-state index in [1.165, 1.54) is 12.4 Å². The predicted octanol–water partition coefficient (Wildman–Crippen LogP) is 3.18. The molecule has 5 nitrogen and oxygen atoms in total. The van der Waals surface area contributed by atoms with Crippen LogP contribution in [0.3, 0.4) is 0 Å². The maximum Gasteiger partial charge on any atom is 0.178 e. The molecule has 21 heavy (non-hydrogen) atoms. The van der Waals surface area contributed by atoms with Gasteiger partial charge in [0, 0.05) is 22.8 Å². The van der Waals surface area contributed by atoms with Crippen LogP contribution >= 0.6 is 15.9 Å². The Hall–Kier alpha value is -2.28. The largest absolute Gasteiger partial charge is 0.378 e. The van der Waals surface area contributed by atoms with Gasteiger partial charge in [0.05, 0.1) is 5.69 Å². The third kappa shape index (κ3) is 3.08. The number of halogens is 2. The minimum Gasteiger partial charge on any atom is -0.378 e. The summed E-state index contributed by atoms with van der Waals surface area (Å²) in [6.07, 6.45) is 4.67. The minimum absolute atomic E-state index is 0.261. The summed E-state index contributed by atoms with van der Waals surface area (Å²) in [6.45, 7) is 0.354. The fourth-order valence-electron chi connectivity index (χ4n) is 1.89. The standard InChI is InChI=1S/C14H11BrFN5/c15-11-4-3-10(12(16)6-11)7-19-13-2-1-5-18-14(13)21-9-17-8-20-21/h1-6,8-9,19H,7H2. The van der Waals surface area contributed by atoms with Gasteiger partial charge in [-0.05, 0) is 24.3 Å². The lowest BCUT2D eigenvalue weighted by Crippen LogP contribution is -2.07. The van der Waals surface area contributed by atoms with E-state index < -0.39 is 0 Å². The van der Waals surface area contributed by atoms with E-state index in [1.807, 2.05) is 12.1 Å². The number of rotatable bonds is 4. The van der Waals surface area contributed by atoms with Crippen LogP contribution in [0.2, 0.25) is 0 Å². The Labute approximate surface area is 129 Å². The van der Waals surface area contributed by atoms with E-state index in [1.54, 1.807) is 29.3 Å². The average Bonchev–Trinajstić information content (AvgIpc) is 3.01. The molecule has 0 saturated carbocycles. The number of pyridine rings is 1. The van der Waals surface area contributed by atoms with Crippen LogP contribution in [0.1, 0.15) is 5.56 Å². The molecule has 0 aliphatic rings. The maximum atomic E-state index is 13.8. The van der Waals surface area contributed by atoms with Gasteiger partial charge in [-0.25, -0.2) is 19.0 Å². The summed E-state index contributed by atoms with van der Waals surface area (Å²) >= 11 is 3.24. The number of anilines is 1. The van der Waals surface area contributed by atoms with E-state index in [0.717, 1.165) is 5.69 Å². The fraction of sp³-hybridized carbons (Fsp3) is 0.0714. The van der Waals surface area contributed by atoms with Crippen molar-refractivity contribution in [1.29, 1.82) is 0 Å². The third-order valence-electron chi connectivity index (χ3n) is 2.91. The summed E-state index contributed by atoms with van der Waals surface area (Å²) < 4.78 is 16.1. The van der Waals surface area contributed by atoms with Crippen molar-refractivity contribution in [3.05, 3.63) is 65.0 Å². The van der Waals surface area contributed by atoms with E-state index in [2.05, 4.69) is 36.3 Å². The highest BCUT2D eigenvalue weighted by Gasteiger charge is 2.08. The lowest BCUT2D eigenvalue weighted by molar-refractivity contribution is 0.612. The molecule has 2 aromatic heterocycles. The number of benzene rings is 1. The normalized spacial score (nSPS) is 10.6. The van der Waals surface area contributed by atoms with E-state index >= 15 is 0 Å². The molecule has 0 bridgehead atoms. The quantitative estimate of drug-likeness (QED) is 0.787. The molecule has 0 aliphatic carbocycles. The molecule has 0 saturated heterocycles. The molecule has 0 radical (unpaired) electrons. The highest BCUT2D eigenvalue weighted by molar-refractivity contribution is 9.10. The summed E-state index contributed by atoms with van der Waals surface area (Å²) in [5, 5.41) is 7.23. The van der Waals surface area contributed by atoms with Gasteiger partial charge >= 0.3 is 0 Å². The molecule has 0 aliphatic heterocycles. The van der Waals surface area contributed by atoms with E-state index in [0.29, 0.717) is 22.4 Å². The van der Waals surface area contributed by atoms with Crippen LogP contribution in [-0.2, 0) is 6.54 Å². The van der Waals surface area contributed by atoms with Gasteiger partial charge in [-0.2, -0.15) is 5.10 Å². The van der Waals surface area contributed by atoms with Crippen LogP contribution in [0.25, 0.3) is 5.82 Å². The SMILES string of the molecule is Fc1cc(Br)ccc1CNc1cccnc1-n1cncn1. The monoisotopic (exact) mass is 347 g/mol. The van der Waals surface area contributed by atoms with Crippen molar-refractivity contribution in [2.45, 2.75) is 6.54 Å². The highest BCUT2D eigenvalue weighted by atomic mass is 79.9. The molecule has 7 heteroatoms. The Bertz CT molecular complexity index is 745. The van der Waals surface area contributed by atoms with Crippen molar-refractivity contribution in [2.24, 2.45) is 0 Å². The zero-order valence-corrected chi connectivity index (χ0v) is 12.5. The van der Waals surface area contributed by atoms with Crippen LogP contribution in [0.4, 0.5) is 10.1 Å². The summed E-state index contributed by atoms with van der Waals surface area (Å²) in [5.41, 5.74) is 1.33. The minimum atomic E-state index is -0.261. The highest BCUT2D eigenvalue weighted by Crippen LogP contribution is 2.19. The molecule has 0 atom stereocenters. The van der Waals surface area contributed by atoms with Crippen molar-refractivity contribution in [1.82, 2.24) is 19.7 Å². The van der Waals surface area contributed by atoms with Crippen LogP contribution in [0.5, 0.6) is 0 Å². The average molecular weight is 348 g/mol. The Morgan fingerprint density at radius 1 is 1.29 bits per heavy atom. The molecule has 106 valence electrons.